The highest BCUT2D eigenvalue weighted by Crippen LogP contribution is 2.29. The molecule has 1 saturated heterocycles. The van der Waals surface area contributed by atoms with Crippen molar-refractivity contribution in [2.75, 3.05) is 28.5 Å². The fraction of sp³-hybridized carbons (Fsp3) is 0.500. The molecule has 0 amide bonds. The van der Waals surface area contributed by atoms with Gasteiger partial charge in [-0.05, 0) is 31.4 Å². The predicted molar refractivity (Wildman–Crippen MR) is 82.2 cm³/mol. The Morgan fingerprint density at radius 3 is 2.52 bits per heavy atom. The molecule has 0 aromatic heterocycles. The number of sulfonamides is 1. The first-order chi connectivity index (χ1) is 9.98. The van der Waals surface area contributed by atoms with Crippen molar-refractivity contribution < 1.29 is 18.3 Å². The van der Waals surface area contributed by atoms with Gasteiger partial charge in [0.15, 0.2) is 0 Å². The summed E-state index contributed by atoms with van der Waals surface area (Å²) < 4.78 is 26.4. The van der Waals surface area contributed by atoms with Crippen molar-refractivity contribution in [3.8, 4) is 0 Å². The summed E-state index contributed by atoms with van der Waals surface area (Å²) in [7, 11) is -3.65. The summed E-state index contributed by atoms with van der Waals surface area (Å²) in [5.41, 5.74) is 1.38. The third-order valence-corrected chi connectivity index (χ3v) is 4.72. The lowest BCUT2D eigenvalue weighted by Gasteiger charge is -2.30. The van der Waals surface area contributed by atoms with E-state index in [1.165, 1.54) is 6.42 Å². The van der Waals surface area contributed by atoms with Gasteiger partial charge in [0.05, 0.1) is 23.5 Å². The number of aliphatic carboxylic acids is 1. The van der Waals surface area contributed by atoms with Crippen LogP contribution in [0.3, 0.4) is 0 Å². The molecule has 1 fully saturated rings. The van der Waals surface area contributed by atoms with Crippen LogP contribution in [0.2, 0.25) is 0 Å². The Morgan fingerprint density at radius 2 is 1.86 bits per heavy atom. The Morgan fingerprint density at radius 1 is 1.19 bits per heavy atom. The van der Waals surface area contributed by atoms with E-state index < -0.39 is 28.2 Å². The number of carboxylic acids is 1. The van der Waals surface area contributed by atoms with Crippen molar-refractivity contribution in [1.29, 1.82) is 0 Å². The van der Waals surface area contributed by atoms with Crippen LogP contribution in [0.25, 0.3) is 0 Å². The molecule has 2 rings (SSSR count). The number of hydrogen-bond acceptors (Lipinski definition) is 4. The minimum atomic E-state index is -3.65. The number of para-hydroxylation sites is 2. The minimum absolute atomic E-state index is 0.402. The van der Waals surface area contributed by atoms with Gasteiger partial charge in [0, 0.05) is 13.1 Å². The van der Waals surface area contributed by atoms with Crippen LogP contribution < -0.4 is 9.62 Å². The lowest BCUT2D eigenvalue weighted by Crippen LogP contribution is -2.30. The second-order valence-electron chi connectivity index (χ2n) is 5.13. The van der Waals surface area contributed by atoms with Crippen molar-refractivity contribution in [3.05, 3.63) is 24.3 Å². The van der Waals surface area contributed by atoms with E-state index in [1.807, 2.05) is 12.1 Å². The van der Waals surface area contributed by atoms with Crippen molar-refractivity contribution in [3.63, 3.8) is 0 Å². The number of nitrogens with zero attached hydrogens (tertiary/aromatic N) is 1. The van der Waals surface area contributed by atoms with Gasteiger partial charge in [0.1, 0.15) is 0 Å². The maximum Gasteiger partial charge on any atom is 0.304 e. The van der Waals surface area contributed by atoms with Crippen LogP contribution in [0.15, 0.2) is 24.3 Å². The average Bonchev–Trinajstić information content (AvgIpc) is 2.46. The minimum Gasteiger partial charge on any atom is -0.481 e. The van der Waals surface area contributed by atoms with Crippen LogP contribution >= 0.6 is 0 Å². The first kappa shape index (κ1) is 15.6. The Bertz CT molecular complexity index is 595. The van der Waals surface area contributed by atoms with Gasteiger partial charge >= 0.3 is 5.97 Å². The third-order valence-electron chi connectivity index (χ3n) is 3.45. The van der Waals surface area contributed by atoms with Gasteiger partial charge in [0.25, 0.3) is 0 Å². The monoisotopic (exact) mass is 312 g/mol. The van der Waals surface area contributed by atoms with E-state index in [-0.39, 0.29) is 0 Å². The van der Waals surface area contributed by atoms with Gasteiger partial charge in [-0.2, -0.15) is 0 Å². The number of nitrogens with one attached hydrogen (secondary N) is 1. The molecule has 0 aliphatic carbocycles. The summed E-state index contributed by atoms with van der Waals surface area (Å²) in [5, 5.41) is 8.60. The van der Waals surface area contributed by atoms with Gasteiger partial charge < -0.3 is 10.0 Å². The van der Waals surface area contributed by atoms with E-state index in [2.05, 4.69) is 9.62 Å². The van der Waals surface area contributed by atoms with Crippen LogP contribution in [0, 0.1) is 0 Å². The topological polar surface area (TPSA) is 86.7 Å². The number of carbonyl (C=O) groups is 1. The van der Waals surface area contributed by atoms with Crippen LogP contribution in [0.4, 0.5) is 11.4 Å². The normalized spacial score (nSPS) is 15.7. The first-order valence-corrected chi connectivity index (χ1v) is 8.69. The predicted octanol–water partition coefficient (Wildman–Crippen LogP) is 1.89. The Labute approximate surface area is 124 Å². The molecule has 2 N–H and O–H groups in total. The molecule has 0 radical (unpaired) electrons. The summed E-state index contributed by atoms with van der Waals surface area (Å²) in [6.45, 7) is 1.82. The second kappa shape index (κ2) is 6.80. The van der Waals surface area contributed by atoms with E-state index in [0.29, 0.717) is 5.69 Å². The Hall–Kier alpha value is -1.76. The zero-order chi connectivity index (χ0) is 15.3. The van der Waals surface area contributed by atoms with Crippen LogP contribution in [-0.2, 0) is 14.8 Å². The Balaban J connectivity index is 2.14. The quantitative estimate of drug-likeness (QED) is 0.837. The molecule has 1 aromatic rings. The van der Waals surface area contributed by atoms with Crippen molar-refractivity contribution in [1.82, 2.24) is 0 Å². The largest absolute Gasteiger partial charge is 0.481 e. The smallest absolute Gasteiger partial charge is 0.304 e. The van der Waals surface area contributed by atoms with Crippen LogP contribution in [0.1, 0.15) is 25.7 Å². The molecule has 1 aromatic carbocycles. The lowest BCUT2D eigenvalue weighted by molar-refractivity contribution is -0.136. The SMILES string of the molecule is O=C(O)CCS(=O)(=O)Nc1ccccc1N1CCCCC1. The van der Waals surface area contributed by atoms with Gasteiger partial charge in [-0.3, -0.25) is 9.52 Å². The zero-order valence-corrected chi connectivity index (χ0v) is 12.6. The van der Waals surface area contributed by atoms with E-state index in [4.69, 9.17) is 5.11 Å². The standard InChI is InChI=1S/C14H20N2O4S/c17-14(18)8-11-21(19,20)15-12-6-2-3-7-13(12)16-9-4-1-5-10-16/h2-3,6-7,15H,1,4-5,8-11H2,(H,17,18). The zero-order valence-electron chi connectivity index (χ0n) is 11.8. The maximum absolute atomic E-state index is 11.9. The Kier molecular flexibility index (Phi) is 5.06. The summed E-state index contributed by atoms with van der Waals surface area (Å²) in [5.74, 6) is -1.54. The van der Waals surface area contributed by atoms with Gasteiger partial charge in [-0.15, -0.1) is 0 Å². The molecule has 1 aliphatic heterocycles. The molecular weight excluding hydrogens is 292 g/mol. The van der Waals surface area contributed by atoms with Crippen molar-refractivity contribution in [2.45, 2.75) is 25.7 Å². The summed E-state index contributed by atoms with van der Waals surface area (Å²) >= 11 is 0. The molecule has 0 spiro atoms. The van der Waals surface area contributed by atoms with E-state index in [9.17, 15) is 13.2 Å². The van der Waals surface area contributed by atoms with Crippen molar-refractivity contribution in [2.24, 2.45) is 0 Å². The summed E-state index contributed by atoms with van der Waals surface area (Å²) in [4.78, 5) is 12.7. The molecular formula is C14H20N2O4S. The summed E-state index contributed by atoms with van der Waals surface area (Å²) in [6.07, 6.45) is 2.99. The lowest BCUT2D eigenvalue weighted by atomic mass is 10.1. The third kappa shape index (κ3) is 4.63. The summed E-state index contributed by atoms with van der Waals surface area (Å²) in [6, 6.07) is 7.24. The number of anilines is 2. The first-order valence-electron chi connectivity index (χ1n) is 7.04. The molecule has 1 aliphatic rings. The number of benzene rings is 1. The molecule has 21 heavy (non-hydrogen) atoms. The fourth-order valence-corrected chi connectivity index (χ4v) is 3.46. The van der Waals surface area contributed by atoms with Gasteiger partial charge in [0.2, 0.25) is 10.0 Å². The van der Waals surface area contributed by atoms with Gasteiger partial charge in [-0.25, -0.2) is 8.42 Å². The molecule has 0 atom stereocenters. The molecule has 0 unspecified atom stereocenters. The van der Waals surface area contributed by atoms with Gasteiger partial charge in [-0.1, -0.05) is 12.1 Å². The van der Waals surface area contributed by atoms with Crippen LogP contribution in [-0.4, -0.2) is 38.3 Å². The van der Waals surface area contributed by atoms with E-state index >= 15 is 0 Å². The maximum atomic E-state index is 11.9. The molecule has 0 bridgehead atoms. The number of rotatable bonds is 6. The number of piperidine rings is 1. The van der Waals surface area contributed by atoms with E-state index in [1.54, 1.807) is 12.1 Å². The highest BCUT2D eigenvalue weighted by molar-refractivity contribution is 7.92. The fourth-order valence-electron chi connectivity index (χ4n) is 2.41. The molecule has 0 saturated carbocycles. The molecule has 1 heterocycles. The second-order valence-corrected chi connectivity index (χ2v) is 6.97. The van der Waals surface area contributed by atoms with E-state index in [0.717, 1.165) is 31.6 Å². The number of hydrogen-bond donors (Lipinski definition) is 2. The molecule has 6 nitrogen and oxygen atoms in total. The van der Waals surface area contributed by atoms with Crippen molar-refractivity contribution >= 4 is 27.4 Å². The highest BCUT2D eigenvalue weighted by Gasteiger charge is 2.18. The highest BCUT2D eigenvalue weighted by atomic mass is 32.2. The number of carboxylic acid groups (broad SMARTS) is 1. The molecule has 116 valence electrons. The molecule has 7 heteroatoms. The average molecular weight is 312 g/mol. The van der Waals surface area contributed by atoms with Crippen LogP contribution in [0.5, 0.6) is 0 Å².